The van der Waals surface area contributed by atoms with Crippen LogP contribution in [-0.2, 0) is 19.0 Å². The first kappa shape index (κ1) is 27.1. The summed E-state index contributed by atoms with van der Waals surface area (Å²) in [6, 6.07) is -1.42. The molecule has 2 saturated heterocycles. The van der Waals surface area contributed by atoms with Gasteiger partial charge in [0.1, 0.15) is 54.5 Å². The largest absolute Gasteiger partial charge is 0.511 e. The number of carbonyl (C=O) groups is 1. The SMILES string of the molecule is CC1(C)CC(=O)C(C=N[C@H]2C(O)O[C@H](CO)[C@@H](O[C@@H]3O[C@H](CO)[C@H](O)[C@H](O)[C@H]3O)[C@@H]2O)=C(O)C1. The van der Waals surface area contributed by atoms with Crippen LogP contribution >= 0.6 is 0 Å². The molecule has 0 amide bonds. The van der Waals surface area contributed by atoms with E-state index in [2.05, 4.69) is 4.99 Å². The van der Waals surface area contributed by atoms with Crippen molar-refractivity contribution in [3.05, 3.63) is 11.3 Å². The fraction of sp³-hybridized carbons (Fsp3) is 0.810. The monoisotopic (exact) mass is 491 g/mol. The summed E-state index contributed by atoms with van der Waals surface area (Å²) >= 11 is 0. The minimum atomic E-state index is -1.77. The molecule has 13 heteroatoms. The van der Waals surface area contributed by atoms with Crippen molar-refractivity contribution in [1.29, 1.82) is 0 Å². The van der Waals surface area contributed by atoms with Crippen molar-refractivity contribution in [2.45, 2.75) is 88.0 Å². The highest BCUT2D eigenvalue weighted by atomic mass is 16.7. The molecule has 3 rings (SSSR count). The lowest BCUT2D eigenvalue weighted by molar-refractivity contribution is -0.344. The Kier molecular flexibility index (Phi) is 8.46. The van der Waals surface area contributed by atoms with Crippen LogP contribution in [0.4, 0.5) is 0 Å². The van der Waals surface area contributed by atoms with E-state index in [0.717, 1.165) is 6.21 Å². The van der Waals surface area contributed by atoms with Crippen LogP contribution in [0, 0.1) is 5.41 Å². The van der Waals surface area contributed by atoms with Gasteiger partial charge < -0.3 is 55.1 Å². The number of aliphatic hydroxyl groups is 8. The molecule has 0 aromatic carbocycles. The molecule has 8 N–H and O–H groups in total. The Morgan fingerprint density at radius 3 is 2.21 bits per heavy atom. The third kappa shape index (κ3) is 5.49. The lowest BCUT2D eigenvalue weighted by Gasteiger charge is -2.45. The third-order valence-corrected chi connectivity index (χ3v) is 6.25. The zero-order valence-electron chi connectivity index (χ0n) is 18.8. The summed E-state index contributed by atoms with van der Waals surface area (Å²) in [4.78, 5) is 16.4. The van der Waals surface area contributed by atoms with E-state index in [-0.39, 0.29) is 30.0 Å². The summed E-state index contributed by atoms with van der Waals surface area (Å²) in [7, 11) is 0. The molecule has 0 aromatic heterocycles. The Labute approximate surface area is 195 Å². The first-order valence-corrected chi connectivity index (χ1v) is 11.0. The highest BCUT2D eigenvalue weighted by molar-refractivity contribution is 6.14. The fourth-order valence-electron chi connectivity index (χ4n) is 4.34. The number of allylic oxidation sites excluding steroid dienone is 2. The maximum atomic E-state index is 12.4. The Morgan fingerprint density at radius 1 is 0.971 bits per heavy atom. The highest BCUT2D eigenvalue weighted by Gasteiger charge is 2.50. The van der Waals surface area contributed by atoms with E-state index in [9.17, 15) is 45.6 Å². The maximum absolute atomic E-state index is 12.4. The van der Waals surface area contributed by atoms with Gasteiger partial charge in [-0.05, 0) is 5.41 Å². The van der Waals surface area contributed by atoms with Gasteiger partial charge in [-0.3, -0.25) is 9.79 Å². The van der Waals surface area contributed by atoms with Crippen molar-refractivity contribution < 1.29 is 59.9 Å². The van der Waals surface area contributed by atoms with E-state index in [4.69, 9.17) is 14.2 Å². The summed E-state index contributed by atoms with van der Waals surface area (Å²) in [6.45, 7) is 2.24. The molecule has 0 radical (unpaired) electrons. The molecule has 3 aliphatic rings. The van der Waals surface area contributed by atoms with Crippen LogP contribution < -0.4 is 0 Å². The van der Waals surface area contributed by atoms with Gasteiger partial charge in [0, 0.05) is 19.1 Å². The van der Waals surface area contributed by atoms with Crippen molar-refractivity contribution in [1.82, 2.24) is 0 Å². The molecule has 2 fully saturated rings. The van der Waals surface area contributed by atoms with Crippen LogP contribution in [0.1, 0.15) is 26.7 Å². The first-order valence-electron chi connectivity index (χ1n) is 11.0. The van der Waals surface area contributed by atoms with Gasteiger partial charge in [-0.25, -0.2) is 0 Å². The highest BCUT2D eigenvalue weighted by Crippen LogP contribution is 2.35. The van der Waals surface area contributed by atoms with Gasteiger partial charge in [-0.2, -0.15) is 0 Å². The van der Waals surface area contributed by atoms with Crippen LogP contribution in [-0.4, -0.2) is 127 Å². The lowest BCUT2D eigenvalue weighted by Crippen LogP contribution is -2.64. The van der Waals surface area contributed by atoms with Gasteiger partial charge in [0.2, 0.25) is 0 Å². The molecule has 13 nitrogen and oxygen atoms in total. The van der Waals surface area contributed by atoms with Crippen molar-refractivity contribution in [3.8, 4) is 0 Å². The average Bonchev–Trinajstić information content (AvgIpc) is 2.75. The fourth-order valence-corrected chi connectivity index (χ4v) is 4.34. The zero-order chi connectivity index (χ0) is 25.4. The molecule has 2 heterocycles. The van der Waals surface area contributed by atoms with E-state index < -0.39 is 80.0 Å². The van der Waals surface area contributed by atoms with Gasteiger partial charge in [-0.15, -0.1) is 0 Å². The molecule has 34 heavy (non-hydrogen) atoms. The molecule has 0 saturated carbocycles. The van der Waals surface area contributed by atoms with Crippen LogP contribution in [0.25, 0.3) is 0 Å². The summed E-state index contributed by atoms with van der Waals surface area (Å²) in [5, 5.41) is 80.5. The minimum absolute atomic E-state index is 0.0607. The Morgan fingerprint density at radius 2 is 1.62 bits per heavy atom. The number of ether oxygens (including phenoxy) is 3. The normalized spacial score (nSPS) is 43.5. The number of Topliss-reactive ketones (excluding diaryl/α,β-unsaturated/α-hetero) is 1. The van der Waals surface area contributed by atoms with Crippen LogP contribution in [0.15, 0.2) is 16.3 Å². The quantitative estimate of drug-likeness (QED) is 0.173. The topological polar surface area (TPSA) is 219 Å². The van der Waals surface area contributed by atoms with Crippen LogP contribution in [0.5, 0.6) is 0 Å². The number of aliphatic imine (C=N–C) groups is 1. The van der Waals surface area contributed by atoms with E-state index in [1.165, 1.54) is 0 Å². The smallest absolute Gasteiger partial charge is 0.187 e. The number of aliphatic hydroxyl groups excluding tert-OH is 8. The van der Waals surface area contributed by atoms with Crippen molar-refractivity contribution in [3.63, 3.8) is 0 Å². The van der Waals surface area contributed by atoms with Gasteiger partial charge in [0.25, 0.3) is 0 Å². The Hall–Kier alpha value is -1.52. The summed E-state index contributed by atoms with van der Waals surface area (Å²) in [5.74, 6) is -0.534. The number of carbonyl (C=O) groups excluding carboxylic acids is 1. The van der Waals surface area contributed by atoms with Gasteiger partial charge >= 0.3 is 0 Å². The minimum Gasteiger partial charge on any atom is -0.511 e. The number of hydrogen-bond donors (Lipinski definition) is 8. The summed E-state index contributed by atoms with van der Waals surface area (Å²) in [6.07, 6.45) is -12.7. The third-order valence-electron chi connectivity index (χ3n) is 6.25. The van der Waals surface area contributed by atoms with Gasteiger partial charge in [0.15, 0.2) is 18.4 Å². The van der Waals surface area contributed by atoms with E-state index in [0.29, 0.717) is 0 Å². The van der Waals surface area contributed by atoms with Crippen molar-refractivity contribution in [2.24, 2.45) is 10.4 Å². The summed E-state index contributed by atoms with van der Waals surface area (Å²) < 4.78 is 16.1. The molecule has 1 aliphatic carbocycles. The van der Waals surface area contributed by atoms with E-state index in [1.54, 1.807) is 0 Å². The molecule has 1 unspecified atom stereocenters. The molecule has 0 spiro atoms. The second-order valence-electron chi connectivity index (χ2n) is 9.61. The van der Waals surface area contributed by atoms with Crippen molar-refractivity contribution in [2.75, 3.05) is 13.2 Å². The van der Waals surface area contributed by atoms with E-state index >= 15 is 0 Å². The standard InChI is InChI=1S/C21H33NO12/c1-21(2)3-9(25)8(10(26)4-21)5-22-13-15(28)18(12(7-24)32-19(13)31)34-20-17(30)16(29)14(27)11(6-23)33-20/h5,11-20,23-25,27-31H,3-4,6-7H2,1-2H3/t11-,12-,13-,14+,15-,16+,17-,18-,19?,20+/m1/s1. The second kappa shape index (κ2) is 10.6. The Balaban J connectivity index is 1.80. The number of nitrogens with zero attached hydrogens (tertiary/aromatic N) is 1. The van der Waals surface area contributed by atoms with Crippen LogP contribution in [0.2, 0.25) is 0 Å². The maximum Gasteiger partial charge on any atom is 0.187 e. The molecular formula is C21H33NO12. The average molecular weight is 491 g/mol. The zero-order valence-corrected chi connectivity index (χ0v) is 18.8. The molecule has 2 aliphatic heterocycles. The molecular weight excluding hydrogens is 458 g/mol. The second-order valence-corrected chi connectivity index (χ2v) is 9.61. The lowest BCUT2D eigenvalue weighted by atomic mass is 9.77. The number of ketones is 1. The predicted octanol–water partition coefficient (Wildman–Crippen LogP) is -3.12. The van der Waals surface area contributed by atoms with Gasteiger partial charge in [0.05, 0.1) is 18.8 Å². The molecule has 0 aromatic rings. The van der Waals surface area contributed by atoms with Crippen molar-refractivity contribution >= 4 is 12.0 Å². The first-order chi connectivity index (χ1) is 15.9. The molecule has 0 bridgehead atoms. The molecule has 10 atom stereocenters. The van der Waals surface area contributed by atoms with Crippen LogP contribution in [0.3, 0.4) is 0 Å². The predicted molar refractivity (Wildman–Crippen MR) is 113 cm³/mol. The molecule has 194 valence electrons. The van der Waals surface area contributed by atoms with E-state index in [1.807, 2.05) is 13.8 Å². The number of rotatable bonds is 6. The number of hydrogen-bond acceptors (Lipinski definition) is 13. The summed E-state index contributed by atoms with van der Waals surface area (Å²) in [5.41, 5.74) is -0.487. The Bertz CT molecular complexity index is 799. The van der Waals surface area contributed by atoms with Gasteiger partial charge in [-0.1, -0.05) is 13.8 Å².